The molecule has 0 saturated carbocycles. The molecule has 2 heterocycles. The fraction of sp³-hybridized carbons (Fsp3) is 0.533. The molecule has 0 radical (unpaired) electrons. The highest BCUT2D eigenvalue weighted by Crippen LogP contribution is 2.29. The third kappa shape index (κ3) is 3.21. The van der Waals surface area contributed by atoms with Crippen LogP contribution in [0, 0.1) is 0 Å². The Labute approximate surface area is 133 Å². The lowest BCUT2D eigenvalue weighted by Gasteiger charge is -2.31. The van der Waals surface area contributed by atoms with Crippen LogP contribution in [-0.2, 0) is 4.74 Å². The molecule has 8 heteroatoms. The zero-order valence-electron chi connectivity index (χ0n) is 13.3. The van der Waals surface area contributed by atoms with Gasteiger partial charge in [0.1, 0.15) is 5.56 Å². The SMILES string of the molecule is CNC(=O)c1c(OC)c(=O)c(C(=O)O)cn1C1CCO[C@@H](C)C1. The van der Waals surface area contributed by atoms with E-state index in [1.165, 1.54) is 24.9 Å². The number of aromatic carboxylic acids is 1. The van der Waals surface area contributed by atoms with Crippen LogP contribution in [0.25, 0.3) is 0 Å². The summed E-state index contributed by atoms with van der Waals surface area (Å²) in [6.07, 6.45) is 2.42. The van der Waals surface area contributed by atoms with E-state index in [-0.39, 0.29) is 23.6 Å². The maximum absolute atomic E-state index is 12.3. The van der Waals surface area contributed by atoms with Crippen molar-refractivity contribution in [2.24, 2.45) is 0 Å². The van der Waals surface area contributed by atoms with E-state index in [9.17, 15) is 19.5 Å². The lowest BCUT2D eigenvalue weighted by Crippen LogP contribution is -2.34. The summed E-state index contributed by atoms with van der Waals surface area (Å²) in [5, 5.41) is 11.7. The molecule has 2 atom stereocenters. The molecule has 1 aromatic rings. The molecule has 1 aromatic heterocycles. The quantitative estimate of drug-likeness (QED) is 0.842. The third-order valence-electron chi connectivity index (χ3n) is 3.92. The molecule has 8 nitrogen and oxygen atoms in total. The van der Waals surface area contributed by atoms with Gasteiger partial charge in [0, 0.05) is 25.9 Å². The van der Waals surface area contributed by atoms with Crippen molar-refractivity contribution in [3.05, 3.63) is 27.7 Å². The Kier molecular flexibility index (Phi) is 5.05. The molecule has 2 N–H and O–H groups in total. The number of nitrogens with one attached hydrogen (secondary N) is 1. The number of methoxy groups -OCH3 is 1. The predicted octanol–water partition coefficient (Wildman–Crippen LogP) is 0.655. The molecule has 2 rings (SSSR count). The van der Waals surface area contributed by atoms with Gasteiger partial charge in [0.25, 0.3) is 5.91 Å². The van der Waals surface area contributed by atoms with Gasteiger partial charge < -0.3 is 24.5 Å². The molecule has 0 bridgehead atoms. The lowest BCUT2D eigenvalue weighted by molar-refractivity contribution is 0.00514. The van der Waals surface area contributed by atoms with E-state index >= 15 is 0 Å². The second-order valence-corrected chi connectivity index (χ2v) is 5.40. The first kappa shape index (κ1) is 17.0. The Morgan fingerprint density at radius 3 is 2.70 bits per heavy atom. The van der Waals surface area contributed by atoms with Gasteiger partial charge in [-0.15, -0.1) is 0 Å². The fourth-order valence-corrected chi connectivity index (χ4v) is 2.80. The highest BCUT2D eigenvalue weighted by molar-refractivity contribution is 5.96. The van der Waals surface area contributed by atoms with Crippen molar-refractivity contribution in [3.8, 4) is 5.75 Å². The molecular weight excluding hydrogens is 304 g/mol. The van der Waals surface area contributed by atoms with Gasteiger partial charge in [0.2, 0.25) is 5.43 Å². The lowest BCUT2D eigenvalue weighted by atomic mass is 10.0. The summed E-state index contributed by atoms with van der Waals surface area (Å²) in [5.41, 5.74) is -1.20. The normalized spacial score (nSPS) is 20.8. The van der Waals surface area contributed by atoms with E-state index in [1.807, 2.05) is 6.92 Å². The van der Waals surface area contributed by atoms with Gasteiger partial charge in [-0.25, -0.2) is 4.79 Å². The number of rotatable bonds is 4. The maximum Gasteiger partial charge on any atom is 0.341 e. The van der Waals surface area contributed by atoms with Gasteiger partial charge in [-0.05, 0) is 19.8 Å². The molecule has 1 saturated heterocycles. The van der Waals surface area contributed by atoms with Crippen LogP contribution < -0.4 is 15.5 Å². The van der Waals surface area contributed by atoms with Gasteiger partial charge in [-0.3, -0.25) is 9.59 Å². The Balaban J connectivity index is 2.70. The number of aromatic nitrogens is 1. The van der Waals surface area contributed by atoms with Crippen LogP contribution in [0.2, 0.25) is 0 Å². The second-order valence-electron chi connectivity index (χ2n) is 5.40. The molecule has 1 amide bonds. The second kappa shape index (κ2) is 6.82. The number of amides is 1. The number of carboxylic acids is 1. The molecule has 23 heavy (non-hydrogen) atoms. The van der Waals surface area contributed by atoms with Gasteiger partial charge in [0.05, 0.1) is 13.2 Å². The van der Waals surface area contributed by atoms with Crippen LogP contribution >= 0.6 is 0 Å². The minimum absolute atomic E-state index is 0.0232. The molecule has 0 spiro atoms. The standard InChI is InChI=1S/C15H20N2O6/c1-8-6-9(4-5-23-8)17-7-10(15(20)21)12(18)13(22-3)11(17)14(19)16-2/h7-9H,4-6H2,1-3H3,(H,16,19)(H,20,21)/t8-,9?/m0/s1. The predicted molar refractivity (Wildman–Crippen MR) is 81.3 cm³/mol. The van der Waals surface area contributed by atoms with Crippen LogP contribution in [0.15, 0.2) is 11.0 Å². The Morgan fingerprint density at radius 1 is 1.48 bits per heavy atom. The average Bonchev–Trinajstić information content (AvgIpc) is 2.53. The summed E-state index contributed by atoms with van der Waals surface area (Å²) in [4.78, 5) is 35.8. The van der Waals surface area contributed by atoms with Gasteiger partial charge in [-0.2, -0.15) is 0 Å². The molecule has 0 aromatic carbocycles. The highest BCUT2D eigenvalue weighted by Gasteiger charge is 2.29. The first-order valence-corrected chi connectivity index (χ1v) is 7.30. The van der Waals surface area contributed by atoms with Crippen LogP contribution in [-0.4, -0.2) is 48.4 Å². The summed E-state index contributed by atoms with van der Waals surface area (Å²) in [6, 6.07) is -0.154. The van der Waals surface area contributed by atoms with E-state index in [0.29, 0.717) is 19.4 Å². The van der Waals surface area contributed by atoms with Crippen LogP contribution in [0.4, 0.5) is 0 Å². The Bertz CT molecular complexity index is 681. The summed E-state index contributed by atoms with van der Waals surface area (Å²) < 4.78 is 12.1. The van der Waals surface area contributed by atoms with Gasteiger partial charge in [0.15, 0.2) is 11.4 Å². The van der Waals surface area contributed by atoms with Gasteiger partial charge in [-0.1, -0.05) is 0 Å². The number of carbonyl (C=O) groups is 2. The van der Waals surface area contributed by atoms with Crippen LogP contribution in [0.1, 0.15) is 46.7 Å². The van der Waals surface area contributed by atoms with Crippen molar-refractivity contribution in [3.63, 3.8) is 0 Å². The fourth-order valence-electron chi connectivity index (χ4n) is 2.80. The van der Waals surface area contributed by atoms with Crippen LogP contribution in [0.5, 0.6) is 5.75 Å². The number of hydrogen-bond acceptors (Lipinski definition) is 5. The molecular formula is C15H20N2O6. The molecule has 1 unspecified atom stereocenters. The number of nitrogens with zero attached hydrogens (tertiary/aromatic N) is 1. The third-order valence-corrected chi connectivity index (χ3v) is 3.92. The van der Waals surface area contributed by atoms with Gasteiger partial charge >= 0.3 is 5.97 Å². The molecule has 1 fully saturated rings. The van der Waals surface area contributed by atoms with Crippen molar-refractivity contribution >= 4 is 11.9 Å². The largest absolute Gasteiger partial charge is 0.491 e. The average molecular weight is 324 g/mol. The maximum atomic E-state index is 12.3. The minimum atomic E-state index is -1.36. The number of hydrogen-bond donors (Lipinski definition) is 2. The monoisotopic (exact) mass is 324 g/mol. The van der Waals surface area contributed by atoms with E-state index < -0.39 is 22.9 Å². The van der Waals surface area contributed by atoms with E-state index in [4.69, 9.17) is 9.47 Å². The van der Waals surface area contributed by atoms with E-state index in [0.717, 1.165) is 0 Å². The van der Waals surface area contributed by atoms with E-state index in [1.54, 1.807) is 0 Å². The highest BCUT2D eigenvalue weighted by atomic mass is 16.5. The smallest absolute Gasteiger partial charge is 0.341 e. The zero-order valence-corrected chi connectivity index (χ0v) is 13.3. The first-order valence-electron chi connectivity index (χ1n) is 7.30. The number of ether oxygens (including phenoxy) is 2. The zero-order chi connectivity index (χ0) is 17.1. The Morgan fingerprint density at radius 2 is 2.17 bits per heavy atom. The number of pyridine rings is 1. The molecule has 0 aliphatic carbocycles. The van der Waals surface area contributed by atoms with Crippen LogP contribution in [0.3, 0.4) is 0 Å². The Hall–Kier alpha value is -2.35. The van der Waals surface area contributed by atoms with Crippen molar-refractivity contribution in [2.75, 3.05) is 20.8 Å². The van der Waals surface area contributed by atoms with Crippen molar-refractivity contribution < 1.29 is 24.2 Å². The van der Waals surface area contributed by atoms with E-state index in [2.05, 4.69) is 5.32 Å². The summed E-state index contributed by atoms with van der Waals surface area (Å²) in [6.45, 7) is 2.40. The summed E-state index contributed by atoms with van der Waals surface area (Å²) >= 11 is 0. The summed E-state index contributed by atoms with van der Waals surface area (Å²) in [7, 11) is 2.68. The number of carbonyl (C=O) groups excluding carboxylic acids is 1. The topological polar surface area (TPSA) is 107 Å². The summed E-state index contributed by atoms with van der Waals surface area (Å²) in [5.74, 6) is -2.12. The molecule has 1 aliphatic heterocycles. The first-order chi connectivity index (χ1) is 10.9. The number of carboxylic acid groups (broad SMARTS) is 1. The molecule has 126 valence electrons. The van der Waals surface area contributed by atoms with Crippen molar-refractivity contribution in [1.82, 2.24) is 9.88 Å². The molecule has 1 aliphatic rings. The van der Waals surface area contributed by atoms with Crippen molar-refractivity contribution in [1.29, 1.82) is 0 Å². The van der Waals surface area contributed by atoms with Crippen molar-refractivity contribution in [2.45, 2.75) is 31.9 Å². The minimum Gasteiger partial charge on any atom is -0.491 e.